The summed E-state index contributed by atoms with van der Waals surface area (Å²) >= 11 is 0. The van der Waals surface area contributed by atoms with Gasteiger partial charge in [-0.25, -0.2) is 18.7 Å². The van der Waals surface area contributed by atoms with Crippen LogP contribution in [0.4, 0.5) is 32.3 Å². The molecule has 22 heteroatoms. The fraction of sp³-hybridized carbons (Fsp3) is 0.525. The fourth-order valence-electron chi connectivity index (χ4n) is 7.36. The zero-order valence-electron chi connectivity index (χ0n) is 34.5. The Bertz CT molecular complexity index is 2120. The smallest absolute Gasteiger partial charge is 0.281 e. The lowest BCUT2D eigenvalue weighted by Gasteiger charge is -2.35. The normalized spacial score (nSPS) is 15.7. The molecule has 0 aliphatic carbocycles. The van der Waals surface area contributed by atoms with E-state index in [1.165, 1.54) is 13.2 Å². The van der Waals surface area contributed by atoms with E-state index in [1.807, 2.05) is 9.80 Å². The summed E-state index contributed by atoms with van der Waals surface area (Å²) in [5, 5.41) is 8.57. The van der Waals surface area contributed by atoms with Crippen LogP contribution in [0.15, 0.2) is 24.4 Å². The van der Waals surface area contributed by atoms with Crippen molar-refractivity contribution < 1.29 is 42.3 Å². The van der Waals surface area contributed by atoms with Crippen molar-refractivity contribution >= 4 is 59.4 Å². The first kappa shape index (κ1) is 45.1. The van der Waals surface area contributed by atoms with Crippen molar-refractivity contribution in [1.82, 2.24) is 45.4 Å². The number of unbranched alkanes of at least 4 members (excludes halogenated alkanes) is 3. The number of morpholine rings is 1. The molecule has 5 amide bonds. The molecule has 0 spiro atoms. The van der Waals surface area contributed by atoms with E-state index in [0.29, 0.717) is 83.5 Å². The zero-order chi connectivity index (χ0) is 44.2. The molecule has 2 saturated heterocycles. The van der Waals surface area contributed by atoms with Gasteiger partial charge in [-0.15, -0.1) is 0 Å². The maximum Gasteiger partial charge on any atom is 0.281 e. The Hall–Kier alpha value is -6.45. The van der Waals surface area contributed by atoms with Crippen molar-refractivity contribution in [2.45, 2.75) is 63.8 Å². The van der Waals surface area contributed by atoms with Gasteiger partial charge in [-0.05, 0) is 31.4 Å². The minimum absolute atomic E-state index is 0.00488. The molecule has 3 aliphatic rings. The van der Waals surface area contributed by atoms with Gasteiger partial charge in [0.25, 0.3) is 18.2 Å². The number of amides is 5. The number of nitrogens with two attached hydrogens (primary N) is 1. The van der Waals surface area contributed by atoms with E-state index < -0.39 is 30.0 Å². The first-order chi connectivity index (χ1) is 30.0. The second kappa shape index (κ2) is 21.4. The molecular weight excluding hydrogens is 813 g/mol. The predicted molar refractivity (Wildman–Crippen MR) is 221 cm³/mol. The van der Waals surface area contributed by atoms with Crippen molar-refractivity contribution in [2.75, 3.05) is 93.5 Å². The van der Waals surface area contributed by atoms with E-state index in [9.17, 15) is 37.5 Å². The van der Waals surface area contributed by atoms with Gasteiger partial charge < -0.3 is 45.9 Å². The number of nitrogens with zero attached hydrogens (tertiary/aromatic N) is 9. The van der Waals surface area contributed by atoms with Gasteiger partial charge in [0.15, 0.2) is 5.82 Å². The highest BCUT2D eigenvalue weighted by molar-refractivity contribution is 6.24. The molecule has 1 aromatic carbocycles. The predicted octanol–water partition coefficient (Wildman–Crippen LogP) is 1.59. The molecule has 2 fully saturated rings. The summed E-state index contributed by atoms with van der Waals surface area (Å²) in [6.07, 6.45) is 2.01. The molecular formula is C40H51F2N13O7. The average molecular weight is 864 g/mol. The van der Waals surface area contributed by atoms with Crippen LogP contribution in [0.5, 0.6) is 0 Å². The molecule has 0 saturated carbocycles. The van der Waals surface area contributed by atoms with Gasteiger partial charge in [0.2, 0.25) is 35.6 Å². The number of nitrogens with one attached hydrogen (secondary N) is 3. The number of fused-ring (bicyclic) bond motifs is 1. The second-order valence-corrected chi connectivity index (χ2v) is 14.9. The third-order valence-corrected chi connectivity index (χ3v) is 10.8. The lowest BCUT2D eigenvalue weighted by atomic mass is 10.1. The molecule has 20 nitrogen and oxygen atoms in total. The minimum atomic E-state index is -2.94. The number of aromatic nitrogens is 5. The van der Waals surface area contributed by atoms with Crippen LogP contribution in [-0.2, 0) is 23.9 Å². The molecule has 332 valence electrons. The van der Waals surface area contributed by atoms with Crippen molar-refractivity contribution in [3.8, 4) is 11.4 Å². The standard InChI is InChI=1S/C40H51F2N13O7/c1-44-29(57)10-9-25(24-56)55-36(60)26-7-6-8-28(32(26)37(55)61)45-13-4-2-3-5-14-46-30(58)11-12-31(59)52-15-17-53(18-16-52)39-49-35(27-23-47-38(43)48-33(27)34(41)42)50-40(51-39)54-19-21-62-22-20-54/h6-8,23-25,34,45H,2-5,9-22H2,1H3,(H,44,57)(H,46,58)(H2,43,47,48). The number of carbonyl (C=O) groups is 6. The number of hydrogen-bond donors (Lipinski definition) is 4. The molecule has 3 aromatic rings. The molecule has 5 N–H and O–H groups in total. The number of alkyl halides is 2. The topological polar surface area (TPSA) is 251 Å². The van der Waals surface area contributed by atoms with Gasteiger partial charge in [-0.1, -0.05) is 18.9 Å². The molecule has 6 rings (SSSR count). The van der Waals surface area contributed by atoms with E-state index in [1.54, 1.807) is 23.1 Å². The van der Waals surface area contributed by atoms with Crippen LogP contribution in [0.2, 0.25) is 0 Å². The Morgan fingerprint density at radius 3 is 2.21 bits per heavy atom. The van der Waals surface area contributed by atoms with Crippen molar-refractivity contribution in [2.24, 2.45) is 0 Å². The Labute approximate surface area is 356 Å². The first-order valence-electron chi connectivity index (χ1n) is 20.7. The molecule has 0 radical (unpaired) electrons. The van der Waals surface area contributed by atoms with Crippen LogP contribution >= 0.6 is 0 Å². The molecule has 2 aromatic heterocycles. The second-order valence-electron chi connectivity index (χ2n) is 14.9. The van der Waals surface area contributed by atoms with Gasteiger partial charge in [-0.2, -0.15) is 15.0 Å². The number of hydrogen-bond acceptors (Lipinski definition) is 16. The highest BCUT2D eigenvalue weighted by atomic mass is 19.3. The van der Waals surface area contributed by atoms with Crippen molar-refractivity contribution in [3.05, 3.63) is 41.2 Å². The van der Waals surface area contributed by atoms with Gasteiger partial charge in [0.05, 0.1) is 35.9 Å². The van der Waals surface area contributed by atoms with E-state index in [0.717, 1.165) is 30.6 Å². The largest absolute Gasteiger partial charge is 0.384 e. The van der Waals surface area contributed by atoms with Crippen LogP contribution in [0.1, 0.15) is 84.2 Å². The van der Waals surface area contributed by atoms with Gasteiger partial charge >= 0.3 is 0 Å². The Balaban J connectivity index is 0.898. The summed E-state index contributed by atoms with van der Waals surface area (Å²) in [5.74, 6) is -1.58. The number of ether oxygens (including phenoxy) is 1. The molecule has 3 aliphatic heterocycles. The molecule has 0 bridgehead atoms. The quantitative estimate of drug-likeness (QED) is 0.0715. The minimum Gasteiger partial charge on any atom is -0.384 e. The lowest BCUT2D eigenvalue weighted by molar-refractivity contribution is -0.133. The molecule has 1 unspecified atom stereocenters. The fourth-order valence-corrected chi connectivity index (χ4v) is 7.36. The summed E-state index contributed by atoms with van der Waals surface area (Å²) < 4.78 is 33.4. The Morgan fingerprint density at radius 2 is 1.53 bits per heavy atom. The summed E-state index contributed by atoms with van der Waals surface area (Å²) in [5.41, 5.74) is 5.86. The Kier molecular flexibility index (Phi) is 15.5. The van der Waals surface area contributed by atoms with Crippen LogP contribution in [0.3, 0.4) is 0 Å². The zero-order valence-corrected chi connectivity index (χ0v) is 34.5. The van der Waals surface area contributed by atoms with Crippen LogP contribution in [0.25, 0.3) is 11.4 Å². The van der Waals surface area contributed by atoms with Crippen molar-refractivity contribution in [3.63, 3.8) is 0 Å². The van der Waals surface area contributed by atoms with Crippen LogP contribution in [-0.4, -0.2) is 149 Å². The summed E-state index contributed by atoms with van der Waals surface area (Å²) in [7, 11) is 1.47. The maximum absolute atomic E-state index is 14.0. The summed E-state index contributed by atoms with van der Waals surface area (Å²) in [6.45, 7) is 4.31. The number of anilines is 4. The number of rotatable bonds is 20. The number of imide groups is 1. The number of aldehydes is 1. The Morgan fingerprint density at radius 1 is 0.839 bits per heavy atom. The molecule has 62 heavy (non-hydrogen) atoms. The molecule has 1 atom stereocenters. The third-order valence-electron chi connectivity index (χ3n) is 10.8. The van der Waals surface area contributed by atoms with E-state index in [4.69, 9.17) is 10.5 Å². The van der Waals surface area contributed by atoms with Gasteiger partial charge in [0, 0.05) is 90.6 Å². The van der Waals surface area contributed by atoms with E-state index in [2.05, 4.69) is 40.9 Å². The van der Waals surface area contributed by atoms with E-state index >= 15 is 0 Å². The number of nitrogen functional groups attached to an aromatic ring is 1. The highest BCUT2D eigenvalue weighted by Gasteiger charge is 2.41. The SMILES string of the molecule is CNC(=O)CCC(C=O)N1C(=O)c2cccc(NCCCCCCNC(=O)CCC(=O)N3CCN(c4nc(-c5cnc(N)nc5C(F)F)nc(N5CCOCC5)n4)CC3)c2C1=O. The molecule has 5 heterocycles. The van der Waals surface area contributed by atoms with Crippen molar-refractivity contribution in [1.29, 1.82) is 0 Å². The number of benzene rings is 1. The average Bonchev–Trinajstić information content (AvgIpc) is 3.55. The van der Waals surface area contributed by atoms with Crippen LogP contribution in [0, 0.1) is 0 Å². The number of halogens is 2. The number of carbonyl (C=O) groups excluding carboxylic acids is 6. The summed E-state index contributed by atoms with van der Waals surface area (Å²) in [4.78, 5) is 103. The number of piperazine rings is 1. The van der Waals surface area contributed by atoms with Gasteiger partial charge in [0.1, 0.15) is 12.0 Å². The maximum atomic E-state index is 14.0. The summed E-state index contributed by atoms with van der Waals surface area (Å²) in [6, 6.07) is 3.87. The lowest BCUT2D eigenvalue weighted by Crippen LogP contribution is -2.49. The highest BCUT2D eigenvalue weighted by Crippen LogP contribution is 2.32. The van der Waals surface area contributed by atoms with Gasteiger partial charge in [-0.3, -0.25) is 28.9 Å². The third kappa shape index (κ3) is 11.1. The first-order valence-corrected chi connectivity index (χ1v) is 20.7. The monoisotopic (exact) mass is 863 g/mol. The van der Waals surface area contributed by atoms with Crippen LogP contribution < -0.4 is 31.5 Å². The van der Waals surface area contributed by atoms with E-state index in [-0.39, 0.29) is 77.8 Å².